The molecule has 0 unspecified atom stereocenters. The number of hydrogen-bond acceptors (Lipinski definition) is 5. The van der Waals surface area contributed by atoms with Crippen molar-refractivity contribution in [2.45, 2.75) is 26.7 Å². The zero-order chi connectivity index (χ0) is 20.5. The molecule has 29 heavy (non-hydrogen) atoms. The van der Waals surface area contributed by atoms with E-state index in [1.165, 1.54) is 23.5 Å². The number of thiazole rings is 1. The summed E-state index contributed by atoms with van der Waals surface area (Å²) in [5.41, 5.74) is 2.41. The van der Waals surface area contributed by atoms with Crippen molar-refractivity contribution in [1.29, 1.82) is 0 Å². The van der Waals surface area contributed by atoms with Crippen LogP contribution >= 0.6 is 11.3 Å². The van der Waals surface area contributed by atoms with Crippen LogP contribution in [0.15, 0.2) is 30.5 Å². The molecule has 1 fully saturated rings. The number of likely N-dealkylation sites (tertiary alicyclic amines) is 1. The summed E-state index contributed by atoms with van der Waals surface area (Å²) in [4.78, 5) is 32.7. The number of piperidine rings is 1. The summed E-state index contributed by atoms with van der Waals surface area (Å²) in [7, 11) is 0. The summed E-state index contributed by atoms with van der Waals surface area (Å²) >= 11 is 1.35. The van der Waals surface area contributed by atoms with E-state index in [9.17, 15) is 14.0 Å². The zero-order valence-electron chi connectivity index (χ0n) is 16.4. The number of fused-ring (bicyclic) bond motifs is 1. The van der Waals surface area contributed by atoms with Crippen molar-refractivity contribution in [1.82, 2.24) is 14.3 Å². The van der Waals surface area contributed by atoms with E-state index in [0.717, 1.165) is 21.9 Å². The monoisotopic (exact) mass is 415 g/mol. The molecule has 0 radical (unpaired) electrons. The Balaban J connectivity index is 1.50. The van der Waals surface area contributed by atoms with Gasteiger partial charge in [-0.25, -0.2) is 9.37 Å². The van der Waals surface area contributed by atoms with Crippen LogP contribution in [0, 0.1) is 18.7 Å². The van der Waals surface area contributed by atoms with Crippen LogP contribution in [-0.4, -0.2) is 45.9 Å². The number of aromatic nitrogens is 2. The number of imidazole rings is 1. The van der Waals surface area contributed by atoms with Crippen molar-refractivity contribution in [3.63, 3.8) is 0 Å². The van der Waals surface area contributed by atoms with Gasteiger partial charge < -0.3 is 9.64 Å². The van der Waals surface area contributed by atoms with Crippen molar-refractivity contribution in [3.05, 3.63) is 46.9 Å². The third-order valence-electron chi connectivity index (χ3n) is 5.29. The summed E-state index contributed by atoms with van der Waals surface area (Å²) in [5, 5.41) is 0. The molecule has 1 aromatic carbocycles. The first-order valence-corrected chi connectivity index (χ1v) is 10.5. The van der Waals surface area contributed by atoms with Gasteiger partial charge in [-0.2, -0.15) is 0 Å². The fourth-order valence-electron chi connectivity index (χ4n) is 3.63. The normalized spacial score (nSPS) is 15.1. The van der Waals surface area contributed by atoms with E-state index in [1.807, 2.05) is 17.5 Å². The van der Waals surface area contributed by atoms with Crippen LogP contribution in [0.4, 0.5) is 4.39 Å². The largest absolute Gasteiger partial charge is 0.466 e. The molecule has 4 rings (SSSR count). The number of hydrogen-bond donors (Lipinski definition) is 0. The molecule has 1 aliphatic heterocycles. The van der Waals surface area contributed by atoms with Gasteiger partial charge in [0.2, 0.25) is 0 Å². The SMILES string of the molecule is CCOC(=O)C1CCN(C(=O)c2sc3nc(-c4ccc(F)cc4)cn3c2C)CC1. The molecule has 0 N–H and O–H groups in total. The topological polar surface area (TPSA) is 63.9 Å². The van der Waals surface area contributed by atoms with E-state index in [-0.39, 0.29) is 23.6 Å². The number of ether oxygens (including phenoxy) is 1. The number of rotatable bonds is 4. The fraction of sp³-hybridized carbons (Fsp3) is 0.381. The van der Waals surface area contributed by atoms with E-state index >= 15 is 0 Å². The first-order chi connectivity index (χ1) is 14.0. The van der Waals surface area contributed by atoms with Crippen LogP contribution in [-0.2, 0) is 9.53 Å². The second-order valence-electron chi connectivity index (χ2n) is 7.12. The molecule has 0 atom stereocenters. The van der Waals surface area contributed by atoms with Crippen molar-refractivity contribution in [2.75, 3.05) is 19.7 Å². The van der Waals surface area contributed by atoms with Gasteiger partial charge in [0.1, 0.15) is 10.7 Å². The molecule has 1 saturated heterocycles. The van der Waals surface area contributed by atoms with Crippen LogP contribution in [0.1, 0.15) is 35.1 Å². The lowest BCUT2D eigenvalue weighted by Gasteiger charge is -2.30. The highest BCUT2D eigenvalue weighted by Gasteiger charge is 2.30. The van der Waals surface area contributed by atoms with Gasteiger partial charge in [0, 0.05) is 30.5 Å². The number of carbonyl (C=O) groups excluding carboxylic acids is 2. The minimum atomic E-state index is -0.287. The second-order valence-corrected chi connectivity index (χ2v) is 8.10. The van der Waals surface area contributed by atoms with Gasteiger partial charge in [-0.3, -0.25) is 14.0 Å². The Morgan fingerprint density at radius 3 is 2.55 bits per heavy atom. The average molecular weight is 415 g/mol. The Morgan fingerprint density at radius 1 is 1.24 bits per heavy atom. The minimum Gasteiger partial charge on any atom is -0.466 e. The van der Waals surface area contributed by atoms with Gasteiger partial charge in [-0.15, -0.1) is 0 Å². The van der Waals surface area contributed by atoms with E-state index in [0.29, 0.717) is 37.4 Å². The van der Waals surface area contributed by atoms with Crippen LogP contribution in [0.3, 0.4) is 0 Å². The summed E-state index contributed by atoms with van der Waals surface area (Å²) in [6.07, 6.45) is 3.12. The highest BCUT2D eigenvalue weighted by atomic mass is 32.1. The van der Waals surface area contributed by atoms with Gasteiger partial charge in [0.25, 0.3) is 5.91 Å². The predicted octanol–water partition coefficient (Wildman–Crippen LogP) is 3.93. The van der Waals surface area contributed by atoms with Gasteiger partial charge >= 0.3 is 5.97 Å². The minimum absolute atomic E-state index is 0.0244. The van der Waals surface area contributed by atoms with E-state index in [2.05, 4.69) is 4.98 Å². The Morgan fingerprint density at radius 2 is 1.93 bits per heavy atom. The second kappa shape index (κ2) is 7.94. The Labute approximate surface area is 171 Å². The highest BCUT2D eigenvalue weighted by Crippen LogP contribution is 2.29. The molecule has 1 amide bonds. The lowest BCUT2D eigenvalue weighted by molar-refractivity contribution is -0.149. The molecular weight excluding hydrogens is 393 g/mol. The molecule has 0 spiro atoms. The van der Waals surface area contributed by atoms with Crippen LogP contribution in [0.5, 0.6) is 0 Å². The van der Waals surface area contributed by atoms with Crippen LogP contribution in [0.25, 0.3) is 16.2 Å². The summed E-state index contributed by atoms with van der Waals surface area (Å²) in [6.45, 7) is 5.17. The number of halogens is 1. The molecule has 152 valence electrons. The standard InChI is InChI=1S/C21H22FN3O3S/c1-3-28-20(27)15-8-10-24(11-9-15)19(26)18-13(2)25-12-17(23-21(25)29-18)14-4-6-16(22)7-5-14/h4-7,12,15H,3,8-11H2,1-2H3. The fourth-order valence-corrected chi connectivity index (χ4v) is 4.71. The molecule has 3 aromatic rings. The van der Waals surface area contributed by atoms with Gasteiger partial charge in [-0.05, 0) is 51.0 Å². The summed E-state index contributed by atoms with van der Waals surface area (Å²) in [6, 6.07) is 6.20. The maximum absolute atomic E-state index is 13.1. The molecule has 0 bridgehead atoms. The third kappa shape index (κ3) is 3.76. The molecule has 0 aliphatic carbocycles. The Bertz CT molecular complexity index is 1050. The predicted molar refractivity (Wildman–Crippen MR) is 108 cm³/mol. The first-order valence-electron chi connectivity index (χ1n) is 9.68. The smallest absolute Gasteiger partial charge is 0.309 e. The number of aryl methyl sites for hydroxylation is 1. The molecule has 0 saturated carbocycles. The van der Waals surface area contributed by atoms with Gasteiger partial charge in [0.15, 0.2) is 4.96 Å². The summed E-state index contributed by atoms with van der Waals surface area (Å²) in [5.74, 6) is -0.605. The third-order valence-corrected chi connectivity index (χ3v) is 6.44. The molecule has 6 nitrogen and oxygen atoms in total. The number of nitrogens with zero attached hydrogens (tertiary/aromatic N) is 3. The lowest BCUT2D eigenvalue weighted by Crippen LogP contribution is -2.40. The van der Waals surface area contributed by atoms with Crippen molar-refractivity contribution in [3.8, 4) is 11.3 Å². The van der Waals surface area contributed by atoms with E-state index < -0.39 is 0 Å². The number of carbonyl (C=O) groups is 2. The lowest BCUT2D eigenvalue weighted by atomic mass is 9.97. The molecule has 3 heterocycles. The zero-order valence-corrected chi connectivity index (χ0v) is 17.2. The van der Waals surface area contributed by atoms with Crippen molar-refractivity contribution >= 4 is 28.2 Å². The molecule has 8 heteroatoms. The number of benzene rings is 1. The maximum atomic E-state index is 13.1. The Hall–Kier alpha value is -2.74. The molecule has 1 aliphatic rings. The van der Waals surface area contributed by atoms with Crippen LogP contribution < -0.4 is 0 Å². The number of amides is 1. The first kappa shape index (κ1) is 19.6. The quantitative estimate of drug-likeness (QED) is 0.606. The van der Waals surface area contributed by atoms with Crippen LogP contribution in [0.2, 0.25) is 0 Å². The average Bonchev–Trinajstić information content (AvgIpc) is 3.28. The highest BCUT2D eigenvalue weighted by molar-refractivity contribution is 7.19. The Kier molecular flexibility index (Phi) is 5.36. The van der Waals surface area contributed by atoms with E-state index in [4.69, 9.17) is 4.74 Å². The maximum Gasteiger partial charge on any atom is 0.309 e. The van der Waals surface area contributed by atoms with Crippen molar-refractivity contribution in [2.24, 2.45) is 5.92 Å². The summed E-state index contributed by atoms with van der Waals surface area (Å²) < 4.78 is 20.1. The molecular formula is C21H22FN3O3S. The van der Waals surface area contributed by atoms with Gasteiger partial charge in [0.05, 0.1) is 18.2 Å². The molecule has 2 aromatic heterocycles. The van der Waals surface area contributed by atoms with E-state index in [1.54, 1.807) is 24.0 Å². The van der Waals surface area contributed by atoms with Crippen molar-refractivity contribution < 1.29 is 18.7 Å². The van der Waals surface area contributed by atoms with Gasteiger partial charge in [-0.1, -0.05) is 11.3 Å². The number of esters is 1.